The van der Waals surface area contributed by atoms with E-state index in [0.717, 1.165) is 25.1 Å². The van der Waals surface area contributed by atoms with Gasteiger partial charge in [0.15, 0.2) is 0 Å². The molecular formula is C16H22NO. The van der Waals surface area contributed by atoms with E-state index in [-0.39, 0.29) is 5.91 Å². The predicted octanol–water partition coefficient (Wildman–Crippen LogP) is 3.58. The standard InChI is InChI=1S/C16H22NO/c1-12(18)17-9-5-6-14-10-13(7-8-15(14)17)11-16(2,3)4/h6-8,10H,5,9,11H2,1-4H3. The first kappa shape index (κ1) is 13.1. The molecule has 18 heavy (non-hydrogen) atoms. The molecule has 0 aliphatic carbocycles. The van der Waals surface area contributed by atoms with Gasteiger partial charge in [0, 0.05) is 19.2 Å². The quantitative estimate of drug-likeness (QED) is 0.739. The van der Waals surface area contributed by atoms with E-state index in [1.54, 1.807) is 6.92 Å². The zero-order valence-corrected chi connectivity index (χ0v) is 11.8. The second kappa shape index (κ2) is 4.75. The molecule has 2 heteroatoms. The fourth-order valence-electron chi connectivity index (χ4n) is 2.53. The average Bonchev–Trinajstić information content (AvgIpc) is 2.25. The van der Waals surface area contributed by atoms with Crippen molar-refractivity contribution in [2.45, 2.75) is 40.5 Å². The number of hydrogen-bond acceptors (Lipinski definition) is 1. The van der Waals surface area contributed by atoms with Crippen LogP contribution in [0.4, 0.5) is 5.69 Å². The van der Waals surface area contributed by atoms with Crippen molar-refractivity contribution in [3.63, 3.8) is 0 Å². The fourth-order valence-corrected chi connectivity index (χ4v) is 2.53. The minimum atomic E-state index is 0.132. The maximum Gasteiger partial charge on any atom is 0.223 e. The van der Waals surface area contributed by atoms with E-state index < -0.39 is 0 Å². The normalized spacial score (nSPS) is 15.4. The highest BCUT2D eigenvalue weighted by molar-refractivity contribution is 5.93. The molecule has 1 aromatic carbocycles. The number of hydrogen-bond donors (Lipinski definition) is 0. The number of anilines is 1. The molecule has 0 saturated heterocycles. The molecule has 0 aromatic heterocycles. The van der Waals surface area contributed by atoms with Crippen LogP contribution in [0.5, 0.6) is 0 Å². The SMILES string of the molecule is CC(=O)N1CC[CH]c2cc(CC(C)(C)C)ccc21. The average molecular weight is 244 g/mol. The molecule has 0 bridgehead atoms. The summed E-state index contributed by atoms with van der Waals surface area (Å²) >= 11 is 0. The first-order valence-electron chi connectivity index (χ1n) is 6.61. The molecule has 1 amide bonds. The van der Waals surface area contributed by atoms with E-state index in [4.69, 9.17) is 0 Å². The zero-order chi connectivity index (χ0) is 13.3. The summed E-state index contributed by atoms with van der Waals surface area (Å²) in [5, 5.41) is 0. The summed E-state index contributed by atoms with van der Waals surface area (Å²) in [6, 6.07) is 6.47. The lowest BCUT2D eigenvalue weighted by molar-refractivity contribution is -0.116. The largest absolute Gasteiger partial charge is 0.312 e. The molecule has 0 N–H and O–H groups in total. The van der Waals surface area contributed by atoms with Gasteiger partial charge in [0.05, 0.1) is 0 Å². The molecule has 1 radical (unpaired) electrons. The fraction of sp³-hybridized carbons (Fsp3) is 0.500. The highest BCUT2D eigenvalue weighted by Gasteiger charge is 2.21. The zero-order valence-electron chi connectivity index (χ0n) is 11.8. The van der Waals surface area contributed by atoms with Crippen LogP contribution in [-0.2, 0) is 11.2 Å². The number of amides is 1. The van der Waals surface area contributed by atoms with E-state index in [2.05, 4.69) is 45.4 Å². The molecule has 1 aliphatic heterocycles. The molecule has 1 heterocycles. The summed E-state index contributed by atoms with van der Waals surface area (Å²) < 4.78 is 0. The number of carbonyl (C=O) groups excluding carboxylic acids is 1. The highest BCUT2D eigenvalue weighted by Crippen LogP contribution is 2.31. The Morgan fingerprint density at radius 3 is 2.67 bits per heavy atom. The first-order chi connectivity index (χ1) is 8.37. The van der Waals surface area contributed by atoms with Gasteiger partial charge in [-0.3, -0.25) is 4.79 Å². The van der Waals surface area contributed by atoms with E-state index in [9.17, 15) is 4.79 Å². The maximum atomic E-state index is 11.6. The predicted molar refractivity (Wildman–Crippen MR) is 75.6 cm³/mol. The molecular weight excluding hydrogens is 222 g/mol. The lowest BCUT2D eigenvalue weighted by Crippen LogP contribution is -2.33. The van der Waals surface area contributed by atoms with Gasteiger partial charge in [0.1, 0.15) is 0 Å². The third kappa shape index (κ3) is 2.92. The Kier molecular flexibility index (Phi) is 3.47. The Hall–Kier alpha value is -1.31. The van der Waals surface area contributed by atoms with E-state index in [1.807, 2.05) is 4.90 Å². The lowest BCUT2D eigenvalue weighted by atomic mass is 9.86. The third-order valence-corrected chi connectivity index (χ3v) is 3.21. The Balaban J connectivity index is 2.30. The molecule has 0 atom stereocenters. The van der Waals surface area contributed by atoms with Gasteiger partial charge < -0.3 is 4.90 Å². The van der Waals surface area contributed by atoms with E-state index in [0.29, 0.717) is 5.41 Å². The van der Waals surface area contributed by atoms with Gasteiger partial charge in [-0.25, -0.2) is 0 Å². The molecule has 0 unspecified atom stereocenters. The van der Waals surface area contributed by atoms with Crippen molar-refractivity contribution >= 4 is 11.6 Å². The minimum absolute atomic E-state index is 0.132. The van der Waals surface area contributed by atoms with Gasteiger partial charge >= 0.3 is 0 Å². The number of nitrogens with zero attached hydrogens (tertiary/aromatic N) is 1. The molecule has 1 aromatic rings. The summed E-state index contributed by atoms with van der Waals surface area (Å²) in [4.78, 5) is 13.5. The van der Waals surface area contributed by atoms with Gasteiger partial charge in [0.2, 0.25) is 5.91 Å². The van der Waals surface area contributed by atoms with Crippen LogP contribution in [0, 0.1) is 11.8 Å². The second-order valence-electron chi connectivity index (χ2n) is 6.29. The third-order valence-electron chi connectivity index (χ3n) is 3.21. The number of fused-ring (bicyclic) bond motifs is 1. The minimum Gasteiger partial charge on any atom is -0.312 e. The Labute approximate surface area is 110 Å². The smallest absolute Gasteiger partial charge is 0.223 e. The van der Waals surface area contributed by atoms with Crippen molar-refractivity contribution in [2.24, 2.45) is 5.41 Å². The van der Waals surface area contributed by atoms with Gasteiger partial charge in [-0.15, -0.1) is 0 Å². The van der Waals surface area contributed by atoms with Crippen LogP contribution >= 0.6 is 0 Å². The highest BCUT2D eigenvalue weighted by atomic mass is 16.2. The van der Waals surface area contributed by atoms with Gasteiger partial charge in [0.25, 0.3) is 0 Å². The van der Waals surface area contributed by atoms with Crippen LogP contribution in [0.25, 0.3) is 0 Å². The maximum absolute atomic E-state index is 11.6. The number of rotatable bonds is 1. The Bertz CT molecular complexity index is 457. The molecule has 0 fully saturated rings. The molecule has 1 aliphatic rings. The molecule has 2 rings (SSSR count). The van der Waals surface area contributed by atoms with Gasteiger partial charge in [-0.1, -0.05) is 32.9 Å². The Morgan fingerprint density at radius 1 is 1.33 bits per heavy atom. The van der Waals surface area contributed by atoms with E-state index in [1.165, 1.54) is 11.1 Å². The summed E-state index contributed by atoms with van der Waals surface area (Å²) in [5.74, 6) is 0.132. The van der Waals surface area contributed by atoms with Crippen LogP contribution < -0.4 is 4.90 Å². The van der Waals surface area contributed by atoms with Crippen LogP contribution in [0.15, 0.2) is 18.2 Å². The van der Waals surface area contributed by atoms with Crippen molar-refractivity contribution in [2.75, 3.05) is 11.4 Å². The van der Waals surface area contributed by atoms with Crippen molar-refractivity contribution in [3.8, 4) is 0 Å². The monoisotopic (exact) mass is 244 g/mol. The van der Waals surface area contributed by atoms with Crippen LogP contribution in [0.3, 0.4) is 0 Å². The Morgan fingerprint density at radius 2 is 2.06 bits per heavy atom. The molecule has 97 valence electrons. The molecule has 2 nitrogen and oxygen atoms in total. The number of carbonyl (C=O) groups is 1. The van der Waals surface area contributed by atoms with Crippen molar-refractivity contribution in [1.82, 2.24) is 0 Å². The van der Waals surface area contributed by atoms with Crippen molar-refractivity contribution < 1.29 is 4.79 Å². The van der Waals surface area contributed by atoms with Gasteiger partial charge in [-0.2, -0.15) is 0 Å². The summed E-state index contributed by atoms with van der Waals surface area (Å²) in [5.41, 5.74) is 3.91. The second-order valence-corrected chi connectivity index (χ2v) is 6.29. The number of benzene rings is 1. The van der Waals surface area contributed by atoms with Crippen molar-refractivity contribution in [1.29, 1.82) is 0 Å². The van der Waals surface area contributed by atoms with Crippen LogP contribution in [-0.4, -0.2) is 12.5 Å². The lowest BCUT2D eigenvalue weighted by Gasteiger charge is -2.29. The van der Waals surface area contributed by atoms with Gasteiger partial charge in [-0.05, 0) is 41.9 Å². The van der Waals surface area contributed by atoms with Crippen molar-refractivity contribution in [3.05, 3.63) is 35.7 Å². The van der Waals surface area contributed by atoms with Crippen LogP contribution in [0.2, 0.25) is 0 Å². The summed E-state index contributed by atoms with van der Waals surface area (Å²) in [7, 11) is 0. The first-order valence-corrected chi connectivity index (χ1v) is 6.61. The molecule has 0 saturated carbocycles. The molecule has 0 spiro atoms. The summed E-state index contributed by atoms with van der Waals surface area (Å²) in [6.07, 6.45) is 4.25. The summed E-state index contributed by atoms with van der Waals surface area (Å²) in [6.45, 7) is 9.19. The van der Waals surface area contributed by atoms with E-state index >= 15 is 0 Å². The topological polar surface area (TPSA) is 20.3 Å². The van der Waals surface area contributed by atoms with Crippen LogP contribution in [0.1, 0.15) is 45.2 Å².